The van der Waals surface area contributed by atoms with Gasteiger partial charge in [0.05, 0.1) is 0 Å². The van der Waals surface area contributed by atoms with Gasteiger partial charge in [0.2, 0.25) is 5.91 Å². The van der Waals surface area contributed by atoms with E-state index in [1.807, 2.05) is 18.2 Å². The number of amides is 2. The first-order valence-corrected chi connectivity index (χ1v) is 11.2. The third-order valence-electron chi connectivity index (χ3n) is 6.39. The highest BCUT2D eigenvalue weighted by molar-refractivity contribution is 6.01. The zero-order valence-electron chi connectivity index (χ0n) is 18.1. The Morgan fingerprint density at radius 3 is 2.80 bits per heavy atom. The molecule has 1 saturated heterocycles. The normalized spacial score (nSPS) is 26.7. The highest BCUT2D eigenvalue weighted by atomic mass is 16.5. The van der Waals surface area contributed by atoms with Gasteiger partial charge in [-0.3, -0.25) is 9.59 Å². The molecule has 2 amide bonds. The van der Waals surface area contributed by atoms with Gasteiger partial charge < -0.3 is 20.3 Å². The highest BCUT2D eigenvalue weighted by Crippen LogP contribution is 2.32. The summed E-state index contributed by atoms with van der Waals surface area (Å²) in [6.07, 6.45) is 6.08. The molecule has 2 heterocycles. The number of carbonyl (C=O) groups is 2. The van der Waals surface area contributed by atoms with E-state index in [9.17, 15) is 9.59 Å². The fourth-order valence-corrected chi connectivity index (χ4v) is 4.74. The first kappa shape index (κ1) is 20.9. The van der Waals surface area contributed by atoms with Crippen molar-refractivity contribution in [2.45, 2.75) is 77.1 Å². The molecule has 1 aliphatic carbocycles. The van der Waals surface area contributed by atoms with E-state index in [1.54, 1.807) is 4.90 Å². The van der Waals surface area contributed by atoms with Crippen LogP contribution in [0, 0.1) is 5.92 Å². The fraction of sp³-hybridized carbons (Fsp3) is 0.583. The number of fused-ring (bicyclic) bond motifs is 1. The van der Waals surface area contributed by atoms with Crippen molar-refractivity contribution < 1.29 is 14.3 Å². The molecule has 2 fully saturated rings. The molecule has 0 radical (unpaired) electrons. The zero-order chi connectivity index (χ0) is 21.3. The number of carbonyl (C=O) groups excluding carboxylic acids is 2. The summed E-state index contributed by atoms with van der Waals surface area (Å²) in [5, 5.41) is 6.46. The maximum absolute atomic E-state index is 12.9. The minimum absolute atomic E-state index is 0.0710. The Kier molecular flexibility index (Phi) is 6.14. The molecule has 2 aliphatic heterocycles. The number of piperidine rings is 1. The van der Waals surface area contributed by atoms with Crippen molar-refractivity contribution in [1.29, 1.82) is 0 Å². The predicted molar refractivity (Wildman–Crippen MR) is 116 cm³/mol. The van der Waals surface area contributed by atoms with Crippen molar-refractivity contribution in [3.8, 4) is 5.75 Å². The topological polar surface area (TPSA) is 70.7 Å². The SMILES string of the molecule is C=C1CCC(N2Cc3cc(OC4CCCCC4NCC(C)C)ccc3C2=O)C(=O)N1. The van der Waals surface area contributed by atoms with Crippen molar-refractivity contribution in [1.82, 2.24) is 15.5 Å². The van der Waals surface area contributed by atoms with Gasteiger partial charge in [0.1, 0.15) is 17.9 Å². The van der Waals surface area contributed by atoms with Crippen LogP contribution in [-0.2, 0) is 11.3 Å². The first-order valence-electron chi connectivity index (χ1n) is 11.2. The van der Waals surface area contributed by atoms with Crippen LogP contribution in [0.15, 0.2) is 30.5 Å². The van der Waals surface area contributed by atoms with Gasteiger partial charge in [-0.25, -0.2) is 0 Å². The summed E-state index contributed by atoms with van der Waals surface area (Å²) in [6.45, 7) is 9.71. The van der Waals surface area contributed by atoms with E-state index in [2.05, 4.69) is 31.1 Å². The number of hydrogen-bond donors (Lipinski definition) is 2. The van der Waals surface area contributed by atoms with Crippen molar-refractivity contribution in [2.24, 2.45) is 5.92 Å². The quantitative estimate of drug-likeness (QED) is 0.753. The van der Waals surface area contributed by atoms with Gasteiger partial charge in [0.15, 0.2) is 0 Å². The van der Waals surface area contributed by atoms with Gasteiger partial charge in [-0.05, 0) is 68.3 Å². The summed E-state index contributed by atoms with van der Waals surface area (Å²) in [6, 6.07) is 5.68. The third kappa shape index (κ3) is 4.38. The lowest BCUT2D eigenvalue weighted by atomic mass is 9.92. The van der Waals surface area contributed by atoms with Crippen LogP contribution < -0.4 is 15.4 Å². The second-order valence-electron chi connectivity index (χ2n) is 9.25. The van der Waals surface area contributed by atoms with Crippen LogP contribution in [0.2, 0.25) is 0 Å². The van der Waals surface area contributed by atoms with Gasteiger partial charge in [0, 0.05) is 23.8 Å². The van der Waals surface area contributed by atoms with Crippen LogP contribution >= 0.6 is 0 Å². The molecule has 3 unspecified atom stereocenters. The Bertz CT molecular complexity index is 835. The Morgan fingerprint density at radius 2 is 2.03 bits per heavy atom. The molecule has 1 aromatic carbocycles. The Morgan fingerprint density at radius 1 is 1.23 bits per heavy atom. The molecule has 0 spiro atoms. The molecular weight excluding hydrogens is 378 g/mol. The number of allylic oxidation sites excluding steroid dienone is 1. The molecule has 4 rings (SSSR count). The number of rotatable bonds is 6. The molecule has 30 heavy (non-hydrogen) atoms. The van der Waals surface area contributed by atoms with E-state index in [1.165, 1.54) is 12.8 Å². The molecule has 2 N–H and O–H groups in total. The number of nitrogens with one attached hydrogen (secondary N) is 2. The van der Waals surface area contributed by atoms with Crippen LogP contribution in [0.4, 0.5) is 0 Å². The lowest BCUT2D eigenvalue weighted by Gasteiger charge is -2.33. The predicted octanol–water partition coefficient (Wildman–Crippen LogP) is 3.37. The molecule has 0 aromatic heterocycles. The largest absolute Gasteiger partial charge is 0.489 e. The minimum atomic E-state index is -0.428. The summed E-state index contributed by atoms with van der Waals surface area (Å²) >= 11 is 0. The van der Waals surface area contributed by atoms with Crippen LogP contribution in [-0.4, -0.2) is 41.4 Å². The van der Waals surface area contributed by atoms with E-state index >= 15 is 0 Å². The number of ether oxygens (including phenoxy) is 1. The molecule has 1 saturated carbocycles. The molecular formula is C24H33N3O3. The third-order valence-corrected chi connectivity index (χ3v) is 6.39. The van der Waals surface area contributed by atoms with Crippen molar-refractivity contribution >= 4 is 11.8 Å². The average Bonchev–Trinajstić information content (AvgIpc) is 3.03. The Hall–Kier alpha value is -2.34. The summed E-state index contributed by atoms with van der Waals surface area (Å²) in [5.41, 5.74) is 2.35. The number of benzene rings is 1. The second-order valence-corrected chi connectivity index (χ2v) is 9.25. The van der Waals surface area contributed by atoms with Crippen LogP contribution in [0.5, 0.6) is 5.75 Å². The first-order chi connectivity index (χ1) is 14.4. The maximum Gasteiger partial charge on any atom is 0.255 e. The summed E-state index contributed by atoms with van der Waals surface area (Å²) < 4.78 is 6.39. The molecule has 3 aliphatic rings. The van der Waals surface area contributed by atoms with Crippen LogP contribution in [0.3, 0.4) is 0 Å². The van der Waals surface area contributed by atoms with Gasteiger partial charge in [-0.1, -0.05) is 26.8 Å². The highest BCUT2D eigenvalue weighted by Gasteiger charge is 2.38. The van der Waals surface area contributed by atoms with Crippen molar-refractivity contribution in [2.75, 3.05) is 6.54 Å². The van der Waals surface area contributed by atoms with Crippen LogP contribution in [0.1, 0.15) is 68.3 Å². The fourth-order valence-electron chi connectivity index (χ4n) is 4.74. The number of nitrogens with zero attached hydrogens (tertiary/aromatic N) is 1. The molecule has 6 nitrogen and oxygen atoms in total. The summed E-state index contributed by atoms with van der Waals surface area (Å²) in [7, 11) is 0. The van der Waals surface area contributed by atoms with E-state index in [0.717, 1.165) is 36.4 Å². The molecule has 0 bridgehead atoms. The monoisotopic (exact) mass is 411 g/mol. The van der Waals surface area contributed by atoms with Crippen molar-refractivity contribution in [3.05, 3.63) is 41.6 Å². The maximum atomic E-state index is 12.9. The second kappa shape index (κ2) is 8.80. The average molecular weight is 412 g/mol. The van der Waals surface area contributed by atoms with E-state index in [-0.39, 0.29) is 17.9 Å². The molecule has 162 valence electrons. The molecule has 1 aromatic rings. The smallest absolute Gasteiger partial charge is 0.255 e. The van der Waals surface area contributed by atoms with Gasteiger partial charge >= 0.3 is 0 Å². The van der Waals surface area contributed by atoms with Gasteiger partial charge in [0.25, 0.3) is 5.91 Å². The molecule has 3 atom stereocenters. The minimum Gasteiger partial charge on any atom is -0.489 e. The summed E-state index contributed by atoms with van der Waals surface area (Å²) in [4.78, 5) is 26.9. The number of hydrogen-bond acceptors (Lipinski definition) is 4. The van der Waals surface area contributed by atoms with Gasteiger partial charge in [-0.15, -0.1) is 0 Å². The van der Waals surface area contributed by atoms with E-state index in [0.29, 0.717) is 36.9 Å². The van der Waals surface area contributed by atoms with Crippen LogP contribution in [0.25, 0.3) is 0 Å². The Labute approximate surface area is 179 Å². The van der Waals surface area contributed by atoms with E-state index < -0.39 is 6.04 Å². The Balaban J connectivity index is 1.44. The van der Waals surface area contributed by atoms with E-state index in [4.69, 9.17) is 4.74 Å². The van der Waals surface area contributed by atoms with Crippen molar-refractivity contribution in [3.63, 3.8) is 0 Å². The standard InChI is InChI=1S/C24H33N3O3/c1-15(2)13-25-20-6-4-5-7-22(20)30-18-9-10-19-17(12-18)14-27(24(19)29)21-11-8-16(3)26-23(21)28/h9-10,12,15,20-22,25H,3-8,11,13-14H2,1-2H3,(H,26,28). The molecule has 6 heteroatoms. The zero-order valence-corrected chi connectivity index (χ0v) is 18.1. The summed E-state index contributed by atoms with van der Waals surface area (Å²) in [5.74, 6) is 1.22. The van der Waals surface area contributed by atoms with Gasteiger partial charge in [-0.2, -0.15) is 0 Å². The lowest BCUT2D eigenvalue weighted by molar-refractivity contribution is -0.126. The lowest BCUT2D eigenvalue weighted by Crippen LogP contribution is -2.49.